The molecule has 0 bridgehead atoms. The zero-order valence-corrected chi connectivity index (χ0v) is 12.4. The molecule has 0 spiro atoms. The zero-order chi connectivity index (χ0) is 15.2. The first kappa shape index (κ1) is 15.6. The van der Waals surface area contributed by atoms with E-state index in [0.29, 0.717) is 5.56 Å². The fourth-order valence-corrected chi connectivity index (χ4v) is 2.39. The SMILES string of the molecule is CCCNC(c1cccc(F)c1F)c1ccnn1CCC. The minimum Gasteiger partial charge on any atom is -0.305 e. The minimum absolute atomic E-state index is 0.321. The quantitative estimate of drug-likeness (QED) is 0.844. The first-order valence-corrected chi connectivity index (χ1v) is 7.38. The molecule has 1 atom stereocenters. The second-order valence-corrected chi connectivity index (χ2v) is 5.01. The molecule has 0 saturated carbocycles. The van der Waals surface area contributed by atoms with Crippen LogP contribution < -0.4 is 5.32 Å². The normalized spacial score (nSPS) is 12.6. The number of rotatable bonds is 7. The second-order valence-electron chi connectivity index (χ2n) is 5.01. The highest BCUT2D eigenvalue weighted by Crippen LogP contribution is 2.26. The third kappa shape index (κ3) is 3.47. The van der Waals surface area contributed by atoms with E-state index in [1.807, 2.05) is 17.7 Å². The molecule has 0 radical (unpaired) electrons. The molecule has 1 aromatic heterocycles. The van der Waals surface area contributed by atoms with E-state index in [1.54, 1.807) is 12.3 Å². The molecule has 3 nitrogen and oxygen atoms in total. The van der Waals surface area contributed by atoms with E-state index in [2.05, 4.69) is 17.3 Å². The number of hydrogen-bond donors (Lipinski definition) is 1. The third-order valence-corrected chi connectivity index (χ3v) is 3.37. The van der Waals surface area contributed by atoms with E-state index in [4.69, 9.17) is 0 Å². The van der Waals surface area contributed by atoms with Crippen LogP contribution in [0.15, 0.2) is 30.5 Å². The first-order chi connectivity index (χ1) is 10.2. The fourth-order valence-electron chi connectivity index (χ4n) is 2.39. The smallest absolute Gasteiger partial charge is 0.163 e. The van der Waals surface area contributed by atoms with Crippen molar-refractivity contribution in [2.75, 3.05) is 6.54 Å². The summed E-state index contributed by atoms with van der Waals surface area (Å²) in [7, 11) is 0. The number of benzene rings is 1. The van der Waals surface area contributed by atoms with Crippen molar-refractivity contribution in [2.24, 2.45) is 0 Å². The highest BCUT2D eigenvalue weighted by molar-refractivity contribution is 5.29. The lowest BCUT2D eigenvalue weighted by Crippen LogP contribution is -2.27. The van der Waals surface area contributed by atoms with Gasteiger partial charge in [-0.3, -0.25) is 4.68 Å². The van der Waals surface area contributed by atoms with Gasteiger partial charge in [0.2, 0.25) is 0 Å². The van der Waals surface area contributed by atoms with E-state index in [0.717, 1.165) is 37.7 Å². The lowest BCUT2D eigenvalue weighted by atomic mass is 10.0. The summed E-state index contributed by atoms with van der Waals surface area (Å²) in [5, 5.41) is 7.56. The Morgan fingerprint density at radius 3 is 2.71 bits per heavy atom. The Balaban J connectivity index is 2.42. The molecule has 1 unspecified atom stereocenters. The maximum atomic E-state index is 14.1. The summed E-state index contributed by atoms with van der Waals surface area (Å²) in [5.74, 6) is -1.62. The van der Waals surface area contributed by atoms with Crippen LogP contribution in [0, 0.1) is 11.6 Å². The van der Waals surface area contributed by atoms with Crippen LogP contribution in [-0.4, -0.2) is 16.3 Å². The zero-order valence-electron chi connectivity index (χ0n) is 12.4. The molecule has 2 rings (SSSR count). The van der Waals surface area contributed by atoms with Crippen molar-refractivity contribution in [3.8, 4) is 0 Å². The van der Waals surface area contributed by atoms with Gasteiger partial charge in [-0.25, -0.2) is 8.78 Å². The van der Waals surface area contributed by atoms with Crippen LogP contribution in [0.3, 0.4) is 0 Å². The van der Waals surface area contributed by atoms with Gasteiger partial charge < -0.3 is 5.32 Å². The predicted molar refractivity (Wildman–Crippen MR) is 79.0 cm³/mol. The number of aryl methyl sites for hydroxylation is 1. The molecule has 0 aliphatic carbocycles. The fraction of sp³-hybridized carbons (Fsp3) is 0.438. The molecule has 0 saturated heterocycles. The average Bonchev–Trinajstić information content (AvgIpc) is 2.92. The van der Waals surface area contributed by atoms with E-state index in [1.165, 1.54) is 6.07 Å². The molecule has 0 aliphatic rings. The molecule has 1 aromatic carbocycles. The molecule has 0 amide bonds. The maximum Gasteiger partial charge on any atom is 0.163 e. The topological polar surface area (TPSA) is 29.9 Å². The number of hydrogen-bond acceptors (Lipinski definition) is 2. The summed E-state index contributed by atoms with van der Waals surface area (Å²) < 4.78 is 29.5. The molecular formula is C16H21F2N3. The molecule has 5 heteroatoms. The molecule has 1 heterocycles. The van der Waals surface area contributed by atoms with Gasteiger partial charge in [0.1, 0.15) is 0 Å². The van der Waals surface area contributed by atoms with Gasteiger partial charge in [-0.2, -0.15) is 5.10 Å². The van der Waals surface area contributed by atoms with E-state index in [9.17, 15) is 8.78 Å². The summed E-state index contributed by atoms with van der Waals surface area (Å²) in [6.07, 6.45) is 3.54. The van der Waals surface area contributed by atoms with E-state index >= 15 is 0 Å². The highest BCUT2D eigenvalue weighted by atomic mass is 19.2. The highest BCUT2D eigenvalue weighted by Gasteiger charge is 2.22. The standard InChI is InChI=1S/C16H21F2N3/c1-3-9-19-16(12-6-5-7-13(17)15(12)18)14-8-10-20-21(14)11-4-2/h5-8,10,16,19H,3-4,9,11H2,1-2H3. The number of aromatic nitrogens is 2. The Hall–Kier alpha value is -1.75. The number of nitrogens with zero attached hydrogens (tertiary/aromatic N) is 2. The Morgan fingerprint density at radius 2 is 2.00 bits per heavy atom. The molecule has 2 aromatic rings. The van der Waals surface area contributed by atoms with Crippen molar-refractivity contribution in [3.63, 3.8) is 0 Å². The monoisotopic (exact) mass is 293 g/mol. The van der Waals surface area contributed by atoms with Crippen LogP contribution in [0.1, 0.15) is 44.0 Å². The summed E-state index contributed by atoms with van der Waals surface area (Å²) in [4.78, 5) is 0. The van der Waals surface area contributed by atoms with E-state index in [-0.39, 0.29) is 0 Å². The Bertz CT molecular complexity index is 581. The van der Waals surface area contributed by atoms with Crippen molar-refractivity contribution in [2.45, 2.75) is 39.3 Å². The van der Waals surface area contributed by atoms with Gasteiger partial charge in [0, 0.05) is 18.3 Å². The maximum absolute atomic E-state index is 14.1. The van der Waals surface area contributed by atoms with Gasteiger partial charge in [-0.05, 0) is 31.5 Å². The van der Waals surface area contributed by atoms with Gasteiger partial charge in [-0.15, -0.1) is 0 Å². The second kappa shape index (κ2) is 7.31. The third-order valence-electron chi connectivity index (χ3n) is 3.37. The first-order valence-electron chi connectivity index (χ1n) is 7.38. The van der Waals surface area contributed by atoms with Crippen LogP contribution in [0.4, 0.5) is 8.78 Å². The summed E-state index contributed by atoms with van der Waals surface area (Å²) in [5.41, 5.74) is 1.18. The molecule has 114 valence electrons. The number of halogens is 2. The lowest BCUT2D eigenvalue weighted by molar-refractivity contribution is 0.463. The van der Waals surface area contributed by atoms with Crippen molar-refractivity contribution in [1.82, 2.24) is 15.1 Å². The van der Waals surface area contributed by atoms with Crippen molar-refractivity contribution in [1.29, 1.82) is 0 Å². The van der Waals surface area contributed by atoms with Crippen molar-refractivity contribution >= 4 is 0 Å². The predicted octanol–water partition coefficient (Wildman–Crippen LogP) is 3.66. The van der Waals surface area contributed by atoms with Crippen molar-refractivity contribution in [3.05, 3.63) is 53.4 Å². The minimum atomic E-state index is -0.822. The Labute approximate surface area is 124 Å². The lowest BCUT2D eigenvalue weighted by Gasteiger charge is -2.21. The Morgan fingerprint density at radius 1 is 1.19 bits per heavy atom. The van der Waals surface area contributed by atoms with Crippen LogP contribution in [0.2, 0.25) is 0 Å². The van der Waals surface area contributed by atoms with Gasteiger partial charge >= 0.3 is 0 Å². The Kier molecular flexibility index (Phi) is 5.44. The largest absolute Gasteiger partial charge is 0.305 e. The summed E-state index contributed by atoms with van der Waals surface area (Å²) in [6, 6.07) is 5.76. The van der Waals surface area contributed by atoms with Crippen LogP contribution >= 0.6 is 0 Å². The number of nitrogens with one attached hydrogen (secondary N) is 1. The summed E-state index contributed by atoms with van der Waals surface area (Å²) >= 11 is 0. The van der Waals surface area contributed by atoms with Crippen LogP contribution in [-0.2, 0) is 6.54 Å². The van der Waals surface area contributed by atoms with Gasteiger partial charge in [-0.1, -0.05) is 26.0 Å². The average molecular weight is 293 g/mol. The molecule has 0 fully saturated rings. The molecule has 1 N–H and O–H groups in total. The molecule has 0 aliphatic heterocycles. The van der Waals surface area contributed by atoms with Crippen LogP contribution in [0.25, 0.3) is 0 Å². The van der Waals surface area contributed by atoms with E-state index < -0.39 is 17.7 Å². The van der Waals surface area contributed by atoms with Crippen molar-refractivity contribution < 1.29 is 8.78 Å². The molecular weight excluding hydrogens is 272 g/mol. The van der Waals surface area contributed by atoms with Crippen LogP contribution in [0.5, 0.6) is 0 Å². The van der Waals surface area contributed by atoms with Gasteiger partial charge in [0.05, 0.1) is 11.7 Å². The molecule has 21 heavy (non-hydrogen) atoms. The van der Waals surface area contributed by atoms with Gasteiger partial charge in [0.25, 0.3) is 0 Å². The van der Waals surface area contributed by atoms with Gasteiger partial charge in [0.15, 0.2) is 11.6 Å². The summed E-state index contributed by atoms with van der Waals surface area (Å²) in [6.45, 7) is 5.57.